The second-order valence-corrected chi connectivity index (χ2v) is 10.3. The highest BCUT2D eigenvalue weighted by Crippen LogP contribution is 2.46. The molecule has 0 N–H and O–H groups in total. The van der Waals surface area contributed by atoms with Crippen LogP contribution in [0.2, 0.25) is 0 Å². The van der Waals surface area contributed by atoms with Crippen LogP contribution in [0.3, 0.4) is 0 Å². The Labute approximate surface area is 198 Å². The number of nitrogens with zero attached hydrogens (tertiary/aromatic N) is 2. The van der Waals surface area contributed by atoms with E-state index in [1.807, 2.05) is 0 Å². The van der Waals surface area contributed by atoms with Crippen molar-refractivity contribution in [2.24, 2.45) is 0 Å². The molecule has 8 nitrogen and oxygen atoms in total. The summed E-state index contributed by atoms with van der Waals surface area (Å²) in [5, 5.41) is 18.5. The maximum atomic E-state index is 16.5. The van der Waals surface area contributed by atoms with E-state index in [4.69, 9.17) is 0 Å². The van der Waals surface area contributed by atoms with Crippen LogP contribution in [0.15, 0.2) is 97.1 Å². The van der Waals surface area contributed by atoms with Gasteiger partial charge in [0.1, 0.15) is 10.5 Å². The third kappa shape index (κ3) is 4.08. The third-order valence-corrected chi connectivity index (χ3v) is 8.42. The van der Waals surface area contributed by atoms with Crippen molar-refractivity contribution in [3.8, 4) is 0 Å². The summed E-state index contributed by atoms with van der Waals surface area (Å²) in [6.45, 7) is 0. The zero-order valence-corrected chi connectivity index (χ0v) is 18.7. The number of rotatable bonds is 6. The van der Waals surface area contributed by atoms with E-state index in [0.29, 0.717) is 0 Å². The summed E-state index contributed by atoms with van der Waals surface area (Å²) >= 11 is 0. The zero-order chi connectivity index (χ0) is 25.4. The quantitative estimate of drug-likeness (QED) is 0.409. The molecule has 0 heterocycles. The lowest BCUT2D eigenvalue weighted by molar-refractivity contribution is -0.385. The molecule has 0 radical (unpaired) electrons. The van der Waals surface area contributed by atoms with Gasteiger partial charge in [0.15, 0.2) is 21.2 Å². The predicted molar refractivity (Wildman–Crippen MR) is 125 cm³/mol. The van der Waals surface area contributed by atoms with Crippen LogP contribution in [-0.2, 0) is 21.2 Å². The minimum atomic E-state index is -4.73. The maximum absolute atomic E-state index is 16.5. The number of hydrogen-bond acceptors (Lipinski definition) is 6. The van der Waals surface area contributed by atoms with Crippen molar-refractivity contribution < 1.29 is 27.0 Å². The number of alkyl halides is 2. The van der Waals surface area contributed by atoms with Crippen LogP contribution < -0.4 is 0 Å². The van der Waals surface area contributed by atoms with Crippen molar-refractivity contribution in [3.05, 3.63) is 128 Å². The second kappa shape index (κ2) is 8.66. The number of hydrogen-bond donors (Lipinski definition) is 0. The minimum absolute atomic E-state index is 0.281. The highest BCUT2D eigenvalue weighted by molar-refractivity contribution is 7.93. The first kappa shape index (κ1) is 24.1. The highest BCUT2D eigenvalue weighted by Gasteiger charge is 2.55. The Bertz CT molecular complexity index is 1330. The number of halogens is 2. The van der Waals surface area contributed by atoms with Gasteiger partial charge in [-0.25, -0.2) is 17.2 Å². The maximum Gasteiger partial charge on any atom is 0.269 e. The molecule has 2 aromatic carbocycles. The van der Waals surface area contributed by atoms with E-state index in [9.17, 15) is 28.6 Å². The lowest BCUT2D eigenvalue weighted by Crippen LogP contribution is -2.49. The third-order valence-electron chi connectivity index (χ3n) is 6.01. The van der Waals surface area contributed by atoms with Crippen LogP contribution >= 0.6 is 0 Å². The van der Waals surface area contributed by atoms with Crippen LogP contribution in [0.1, 0.15) is 11.1 Å². The van der Waals surface area contributed by atoms with Gasteiger partial charge in [0.05, 0.1) is 9.85 Å². The van der Waals surface area contributed by atoms with Crippen LogP contribution in [0.25, 0.3) is 0 Å². The summed E-state index contributed by atoms with van der Waals surface area (Å²) in [5.41, 5.74) is -6.91. The summed E-state index contributed by atoms with van der Waals surface area (Å²) in [6, 6.07) is 9.06. The van der Waals surface area contributed by atoms with Gasteiger partial charge in [-0.15, -0.1) is 0 Å². The standard InChI is InChI=1S/C24H18F2N2O6S/c25-23(17-7-5-9-19(15-17)27(29)30)13-3-1-11-21(23)35(33,34)22-12-2-4-14-24(22,26)18-8-6-10-20(16-18)28(31)32/h1-16,21-22H. The molecule has 0 bridgehead atoms. The van der Waals surface area contributed by atoms with E-state index < -0.39 is 52.9 Å². The van der Waals surface area contributed by atoms with Crippen molar-refractivity contribution in [1.29, 1.82) is 0 Å². The van der Waals surface area contributed by atoms with Gasteiger partial charge >= 0.3 is 0 Å². The Morgan fingerprint density at radius 1 is 0.714 bits per heavy atom. The predicted octanol–water partition coefficient (Wildman–Crippen LogP) is 4.94. The van der Waals surface area contributed by atoms with E-state index in [2.05, 4.69) is 0 Å². The highest BCUT2D eigenvalue weighted by atomic mass is 32.2. The molecule has 4 atom stereocenters. The van der Waals surface area contributed by atoms with Crippen molar-refractivity contribution >= 4 is 21.2 Å². The van der Waals surface area contributed by atoms with Crippen LogP contribution in [-0.4, -0.2) is 28.8 Å². The van der Waals surface area contributed by atoms with E-state index in [-0.39, 0.29) is 11.1 Å². The molecule has 2 aliphatic carbocycles. The number of nitro benzene ring substituents is 2. The van der Waals surface area contributed by atoms with Gasteiger partial charge in [0.2, 0.25) is 0 Å². The average Bonchev–Trinajstić information content (AvgIpc) is 2.84. The van der Waals surface area contributed by atoms with E-state index in [1.54, 1.807) is 0 Å². The molecule has 0 saturated heterocycles. The number of nitro groups is 2. The zero-order valence-electron chi connectivity index (χ0n) is 17.9. The fraction of sp³-hybridized carbons (Fsp3) is 0.167. The first-order valence-corrected chi connectivity index (χ1v) is 11.9. The average molecular weight is 500 g/mol. The molecule has 0 spiro atoms. The van der Waals surface area contributed by atoms with Gasteiger partial charge in [-0.1, -0.05) is 60.7 Å². The number of benzene rings is 2. The topological polar surface area (TPSA) is 120 Å². The number of allylic oxidation sites excluding steroid dienone is 6. The van der Waals surface area contributed by atoms with Crippen LogP contribution in [0, 0.1) is 20.2 Å². The van der Waals surface area contributed by atoms with Gasteiger partial charge < -0.3 is 0 Å². The first-order chi connectivity index (χ1) is 16.5. The summed E-state index contributed by atoms with van der Waals surface area (Å²) < 4.78 is 60.7. The smallest absolute Gasteiger partial charge is 0.258 e. The van der Waals surface area contributed by atoms with E-state index in [1.165, 1.54) is 48.6 Å². The Morgan fingerprint density at radius 3 is 1.49 bits per heavy atom. The molecule has 35 heavy (non-hydrogen) atoms. The van der Waals surface area contributed by atoms with E-state index >= 15 is 8.78 Å². The summed E-state index contributed by atoms with van der Waals surface area (Å²) in [4.78, 5) is 20.9. The number of sulfone groups is 1. The van der Waals surface area contributed by atoms with Crippen molar-refractivity contribution in [2.45, 2.75) is 21.8 Å². The molecule has 0 saturated carbocycles. The molecule has 180 valence electrons. The monoisotopic (exact) mass is 500 g/mol. The largest absolute Gasteiger partial charge is 0.269 e. The van der Waals surface area contributed by atoms with E-state index in [0.717, 1.165) is 48.6 Å². The Hall–Kier alpha value is -3.99. The SMILES string of the molecule is O=[N+]([O-])c1cccc(C2(F)C=CC=CC2S(=O)(=O)C2C=CC=CC2(F)c2cccc([N+](=O)[O-])c2)c1. The molecule has 4 unspecified atom stereocenters. The van der Waals surface area contributed by atoms with Gasteiger partial charge in [0.25, 0.3) is 11.4 Å². The molecule has 11 heteroatoms. The molecule has 4 rings (SSSR count). The van der Waals surface area contributed by atoms with Gasteiger partial charge in [-0.3, -0.25) is 20.2 Å². The lowest BCUT2D eigenvalue weighted by atomic mass is 9.88. The minimum Gasteiger partial charge on any atom is -0.258 e. The molecule has 0 fully saturated rings. The van der Waals surface area contributed by atoms with Crippen molar-refractivity contribution in [1.82, 2.24) is 0 Å². The first-order valence-electron chi connectivity index (χ1n) is 10.3. The van der Waals surface area contributed by atoms with Gasteiger partial charge in [0, 0.05) is 35.4 Å². The van der Waals surface area contributed by atoms with Crippen molar-refractivity contribution in [2.75, 3.05) is 0 Å². The molecular weight excluding hydrogens is 482 g/mol. The van der Waals surface area contributed by atoms with Crippen LogP contribution in [0.4, 0.5) is 20.2 Å². The van der Waals surface area contributed by atoms with Gasteiger partial charge in [-0.05, 0) is 12.2 Å². The number of non-ortho nitro benzene ring substituents is 2. The Morgan fingerprint density at radius 2 is 1.11 bits per heavy atom. The molecule has 0 aromatic heterocycles. The molecule has 0 aliphatic heterocycles. The summed E-state index contributed by atoms with van der Waals surface area (Å²) in [7, 11) is -4.73. The normalized spacial score (nSPS) is 27.6. The fourth-order valence-corrected chi connectivity index (χ4v) is 6.60. The van der Waals surface area contributed by atoms with Crippen LogP contribution in [0.5, 0.6) is 0 Å². The second-order valence-electron chi connectivity index (χ2n) is 8.07. The molecule has 0 amide bonds. The van der Waals surface area contributed by atoms with Gasteiger partial charge in [-0.2, -0.15) is 0 Å². The summed E-state index contributed by atoms with van der Waals surface area (Å²) in [5.74, 6) is 0. The summed E-state index contributed by atoms with van der Waals surface area (Å²) in [6.07, 6.45) is 9.19. The molecule has 2 aromatic rings. The fourth-order valence-electron chi connectivity index (χ4n) is 4.28. The van der Waals surface area contributed by atoms with Crippen molar-refractivity contribution in [3.63, 3.8) is 0 Å². The lowest BCUT2D eigenvalue weighted by Gasteiger charge is -2.37. The Balaban J connectivity index is 1.84. The Kier molecular flexibility index (Phi) is 5.97. The molecule has 2 aliphatic rings. The molecular formula is C24H18F2N2O6S.